The average Bonchev–Trinajstić information content (AvgIpc) is 3.38. The average molecular weight is 1010 g/mol. The molecule has 0 aromatic carbocycles. The highest BCUT2D eigenvalue weighted by Gasteiger charge is 2.19. The quantitative estimate of drug-likeness (QED) is 0.0261. The fourth-order valence-corrected chi connectivity index (χ4v) is 9.27. The minimum absolute atomic E-state index is 0.0730. The second-order valence-electron chi connectivity index (χ2n) is 21.3. The van der Waals surface area contributed by atoms with Gasteiger partial charge in [0.25, 0.3) is 0 Å². The lowest BCUT2D eigenvalue weighted by atomic mass is 10.0. The van der Waals surface area contributed by atoms with Crippen LogP contribution in [0, 0.1) is 0 Å². The van der Waals surface area contributed by atoms with Gasteiger partial charge in [-0.05, 0) is 83.5 Å². The van der Waals surface area contributed by atoms with Gasteiger partial charge < -0.3 is 14.2 Å². The standard InChI is InChI=1S/C66H120O6/c1-4-7-10-13-16-19-21-23-25-27-29-31-33-35-37-39-41-43-45-47-50-53-56-59-65(68)71-62-63(61-70-64(67)58-55-52-49-18-15-12-9-6-3)72-66(69)60-57-54-51-48-46-44-42-40-38-36-34-32-30-28-26-24-22-20-17-14-11-8-5-2/h21,23,27-30,33,35,63H,4-20,22,24-26,31-32,34,36-62H2,1-3H3/b23-21-,29-27-,30-28-,35-33-. The molecule has 0 aliphatic carbocycles. The number of allylic oxidation sites excluding steroid dienone is 8. The lowest BCUT2D eigenvalue weighted by molar-refractivity contribution is -0.167. The molecule has 0 saturated heterocycles. The molecule has 0 amide bonds. The molecular formula is C66H120O6. The zero-order chi connectivity index (χ0) is 52.2. The van der Waals surface area contributed by atoms with Crippen LogP contribution in [0.25, 0.3) is 0 Å². The third kappa shape index (κ3) is 58.3. The molecule has 0 spiro atoms. The number of unbranched alkanes of at least 4 members (excludes halogenated alkanes) is 39. The van der Waals surface area contributed by atoms with E-state index in [2.05, 4.69) is 69.4 Å². The molecule has 0 saturated carbocycles. The largest absolute Gasteiger partial charge is 0.462 e. The van der Waals surface area contributed by atoms with E-state index < -0.39 is 6.10 Å². The molecule has 0 heterocycles. The van der Waals surface area contributed by atoms with Gasteiger partial charge in [-0.2, -0.15) is 0 Å². The summed E-state index contributed by atoms with van der Waals surface area (Å²) in [6, 6.07) is 0. The third-order valence-electron chi connectivity index (χ3n) is 14.1. The highest BCUT2D eigenvalue weighted by molar-refractivity contribution is 5.71. The molecule has 72 heavy (non-hydrogen) atoms. The molecule has 420 valence electrons. The lowest BCUT2D eigenvalue weighted by Crippen LogP contribution is -2.30. The van der Waals surface area contributed by atoms with Crippen LogP contribution in [0.5, 0.6) is 0 Å². The van der Waals surface area contributed by atoms with Gasteiger partial charge >= 0.3 is 17.9 Å². The minimum Gasteiger partial charge on any atom is -0.462 e. The second-order valence-corrected chi connectivity index (χ2v) is 21.3. The predicted molar refractivity (Wildman–Crippen MR) is 312 cm³/mol. The molecule has 0 rings (SSSR count). The maximum atomic E-state index is 12.9. The van der Waals surface area contributed by atoms with Crippen LogP contribution in [0.3, 0.4) is 0 Å². The first-order valence-electron chi connectivity index (χ1n) is 31.6. The minimum atomic E-state index is -0.774. The Morgan fingerprint density at radius 2 is 0.500 bits per heavy atom. The van der Waals surface area contributed by atoms with Gasteiger partial charge in [0.1, 0.15) is 13.2 Å². The molecule has 1 atom stereocenters. The summed E-state index contributed by atoms with van der Waals surface area (Å²) in [5.41, 5.74) is 0. The molecule has 0 aliphatic heterocycles. The van der Waals surface area contributed by atoms with Crippen LogP contribution >= 0.6 is 0 Å². The van der Waals surface area contributed by atoms with Gasteiger partial charge in [0.15, 0.2) is 6.10 Å². The molecule has 0 fully saturated rings. The van der Waals surface area contributed by atoms with Crippen molar-refractivity contribution >= 4 is 17.9 Å². The Hall–Kier alpha value is -2.63. The van der Waals surface area contributed by atoms with Crippen LogP contribution in [0.4, 0.5) is 0 Å². The number of hydrogen-bond acceptors (Lipinski definition) is 6. The van der Waals surface area contributed by atoms with Crippen LogP contribution in [-0.2, 0) is 28.6 Å². The molecule has 0 aromatic rings. The van der Waals surface area contributed by atoms with Crippen LogP contribution in [0.1, 0.15) is 335 Å². The van der Waals surface area contributed by atoms with Gasteiger partial charge in [-0.15, -0.1) is 0 Å². The van der Waals surface area contributed by atoms with E-state index in [1.54, 1.807) is 0 Å². The molecular weight excluding hydrogens is 889 g/mol. The maximum absolute atomic E-state index is 12.9. The fraction of sp³-hybridized carbons (Fsp3) is 0.833. The van der Waals surface area contributed by atoms with E-state index in [-0.39, 0.29) is 31.1 Å². The molecule has 0 aliphatic rings. The van der Waals surface area contributed by atoms with E-state index in [0.29, 0.717) is 19.3 Å². The Bertz CT molecular complexity index is 1250. The van der Waals surface area contributed by atoms with Crippen LogP contribution in [0.15, 0.2) is 48.6 Å². The van der Waals surface area contributed by atoms with Gasteiger partial charge in [-0.1, -0.05) is 281 Å². The van der Waals surface area contributed by atoms with Crippen molar-refractivity contribution in [2.24, 2.45) is 0 Å². The Balaban J connectivity index is 4.18. The summed E-state index contributed by atoms with van der Waals surface area (Å²) < 4.78 is 16.9. The summed E-state index contributed by atoms with van der Waals surface area (Å²) in [5, 5.41) is 0. The summed E-state index contributed by atoms with van der Waals surface area (Å²) in [5.74, 6) is -0.869. The van der Waals surface area contributed by atoms with Gasteiger partial charge in [-0.25, -0.2) is 0 Å². The SMILES string of the molecule is CCCCCCC/C=C\C/C=C\C/C=C\CCCCCCCCCCC(=O)OCC(COC(=O)CCCCCCCCCC)OC(=O)CCCCCCCCCCCCC/C=C\CCCCCCCCCC. The van der Waals surface area contributed by atoms with E-state index >= 15 is 0 Å². The highest BCUT2D eigenvalue weighted by atomic mass is 16.6. The normalized spacial score (nSPS) is 12.3. The van der Waals surface area contributed by atoms with Gasteiger partial charge in [0.2, 0.25) is 0 Å². The monoisotopic (exact) mass is 1010 g/mol. The molecule has 0 radical (unpaired) electrons. The van der Waals surface area contributed by atoms with Crippen LogP contribution in [0.2, 0.25) is 0 Å². The van der Waals surface area contributed by atoms with E-state index in [4.69, 9.17) is 14.2 Å². The molecule has 0 aromatic heterocycles. The van der Waals surface area contributed by atoms with Gasteiger partial charge in [0, 0.05) is 19.3 Å². The Labute approximate surface area is 448 Å². The van der Waals surface area contributed by atoms with Gasteiger partial charge in [0.05, 0.1) is 0 Å². The molecule has 6 heteroatoms. The summed E-state index contributed by atoms with van der Waals surface area (Å²) in [7, 11) is 0. The molecule has 0 bridgehead atoms. The van der Waals surface area contributed by atoms with E-state index in [1.807, 2.05) is 0 Å². The van der Waals surface area contributed by atoms with Gasteiger partial charge in [-0.3, -0.25) is 14.4 Å². The first-order valence-corrected chi connectivity index (χ1v) is 31.6. The first-order chi connectivity index (χ1) is 35.5. The van der Waals surface area contributed by atoms with Crippen molar-refractivity contribution in [1.29, 1.82) is 0 Å². The third-order valence-corrected chi connectivity index (χ3v) is 14.1. The van der Waals surface area contributed by atoms with E-state index in [0.717, 1.165) is 77.0 Å². The van der Waals surface area contributed by atoms with E-state index in [1.165, 1.54) is 218 Å². The number of esters is 3. The van der Waals surface area contributed by atoms with Crippen molar-refractivity contribution in [3.63, 3.8) is 0 Å². The number of rotatable bonds is 58. The molecule has 6 nitrogen and oxygen atoms in total. The predicted octanol–water partition coefficient (Wildman–Crippen LogP) is 21.4. The molecule has 1 unspecified atom stereocenters. The second kappa shape index (κ2) is 60.9. The van der Waals surface area contributed by atoms with E-state index in [9.17, 15) is 14.4 Å². The van der Waals surface area contributed by atoms with Crippen LogP contribution in [-0.4, -0.2) is 37.2 Å². The van der Waals surface area contributed by atoms with Crippen molar-refractivity contribution in [2.45, 2.75) is 341 Å². The van der Waals surface area contributed by atoms with Crippen LogP contribution < -0.4 is 0 Å². The number of ether oxygens (including phenoxy) is 3. The smallest absolute Gasteiger partial charge is 0.306 e. The zero-order valence-corrected chi connectivity index (χ0v) is 48.2. The fourth-order valence-electron chi connectivity index (χ4n) is 9.27. The Morgan fingerprint density at radius 1 is 0.278 bits per heavy atom. The topological polar surface area (TPSA) is 78.9 Å². The van der Waals surface area contributed by atoms with Crippen molar-refractivity contribution in [3.05, 3.63) is 48.6 Å². The first kappa shape index (κ1) is 69.4. The highest BCUT2D eigenvalue weighted by Crippen LogP contribution is 2.17. The van der Waals surface area contributed by atoms with Crippen molar-refractivity contribution < 1.29 is 28.6 Å². The number of carbonyl (C=O) groups excluding carboxylic acids is 3. The summed E-state index contributed by atoms with van der Waals surface area (Å²) in [6.45, 7) is 6.63. The Kier molecular flexibility index (Phi) is 58.7. The summed E-state index contributed by atoms with van der Waals surface area (Å²) in [6.07, 6.45) is 75.6. The van der Waals surface area contributed by atoms with Crippen molar-refractivity contribution in [2.75, 3.05) is 13.2 Å². The Morgan fingerprint density at radius 3 is 0.792 bits per heavy atom. The summed E-state index contributed by atoms with van der Waals surface area (Å²) in [4.78, 5) is 38.1. The summed E-state index contributed by atoms with van der Waals surface area (Å²) >= 11 is 0. The molecule has 0 N–H and O–H groups in total. The number of carbonyl (C=O) groups is 3. The van der Waals surface area contributed by atoms with Crippen molar-refractivity contribution in [3.8, 4) is 0 Å². The maximum Gasteiger partial charge on any atom is 0.306 e. The van der Waals surface area contributed by atoms with Crippen molar-refractivity contribution in [1.82, 2.24) is 0 Å². The lowest BCUT2D eigenvalue weighted by Gasteiger charge is -2.18. The number of hydrogen-bond donors (Lipinski definition) is 0. The zero-order valence-electron chi connectivity index (χ0n) is 48.2.